The van der Waals surface area contributed by atoms with E-state index in [1.165, 1.54) is 38.5 Å². The zero-order chi connectivity index (χ0) is 15.5. The first-order valence-electron chi connectivity index (χ1n) is 9.04. The lowest BCUT2D eigenvalue weighted by molar-refractivity contribution is 0.437. The summed E-state index contributed by atoms with van der Waals surface area (Å²) in [7, 11) is 0. The van der Waals surface area contributed by atoms with Gasteiger partial charge in [0.05, 0.1) is 0 Å². The number of rotatable bonds is 3. The summed E-state index contributed by atoms with van der Waals surface area (Å²) in [4.78, 5) is 14.6. The number of anilines is 2. The van der Waals surface area contributed by atoms with Crippen LogP contribution in [0.1, 0.15) is 58.1 Å². The molecule has 0 amide bonds. The molecule has 0 saturated carbocycles. The van der Waals surface area contributed by atoms with Crippen molar-refractivity contribution >= 4 is 11.8 Å². The van der Waals surface area contributed by atoms with Crippen LogP contribution in [-0.2, 0) is 0 Å². The van der Waals surface area contributed by atoms with Crippen molar-refractivity contribution in [3.63, 3.8) is 0 Å². The van der Waals surface area contributed by atoms with Crippen LogP contribution in [0, 0.1) is 12.8 Å². The van der Waals surface area contributed by atoms with Crippen molar-refractivity contribution in [3.05, 3.63) is 11.8 Å². The van der Waals surface area contributed by atoms with Crippen LogP contribution >= 0.6 is 0 Å². The van der Waals surface area contributed by atoms with Crippen LogP contribution in [-0.4, -0.2) is 35.6 Å². The van der Waals surface area contributed by atoms with Gasteiger partial charge in [0.25, 0.3) is 0 Å². The van der Waals surface area contributed by atoms with Crippen molar-refractivity contribution < 1.29 is 0 Å². The highest BCUT2D eigenvalue weighted by Gasteiger charge is 2.24. The van der Waals surface area contributed by atoms with Gasteiger partial charge < -0.3 is 9.80 Å². The molecule has 4 heteroatoms. The Hall–Kier alpha value is -1.32. The second-order valence-corrected chi connectivity index (χ2v) is 7.11. The molecule has 2 unspecified atom stereocenters. The molecule has 2 aliphatic heterocycles. The summed E-state index contributed by atoms with van der Waals surface area (Å²) in [6.07, 6.45) is 7.74. The Kier molecular flexibility index (Phi) is 4.84. The molecule has 4 nitrogen and oxygen atoms in total. The highest BCUT2D eigenvalue weighted by atomic mass is 15.3. The van der Waals surface area contributed by atoms with Crippen LogP contribution < -0.4 is 9.80 Å². The molecule has 0 radical (unpaired) electrons. The lowest BCUT2D eigenvalue weighted by Crippen LogP contribution is -2.40. The van der Waals surface area contributed by atoms with Gasteiger partial charge in [0.15, 0.2) is 0 Å². The molecule has 1 aromatic heterocycles. The molecule has 0 bridgehead atoms. The van der Waals surface area contributed by atoms with Crippen LogP contribution in [0.3, 0.4) is 0 Å². The zero-order valence-corrected chi connectivity index (χ0v) is 14.4. The summed E-state index contributed by atoms with van der Waals surface area (Å²) in [6.45, 7) is 10.1. The maximum atomic E-state index is 4.95. The SMILES string of the molecule is CCC1CCCCN1c1cc(C)nc(N2CCCC(C)C2)n1. The van der Waals surface area contributed by atoms with E-state index in [-0.39, 0.29) is 0 Å². The second kappa shape index (κ2) is 6.84. The molecule has 1 aromatic rings. The first-order chi connectivity index (χ1) is 10.7. The molecule has 22 heavy (non-hydrogen) atoms. The Labute approximate surface area is 134 Å². The molecule has 3 rings (SSSR count). The molecule has 2 aliphatic rings. The maximum Gasteiger partial charge on any atom is 0.227 e. The zero-order valence-electron chi connectivity index (χ0n) is 14.4. The van der Waals surface area contributed by atoms with Crippen LogP contribution in [0.15, 0.2) is 6.07 Å². The van der Waals surface area contributed by atoms with Crippen LogP contribution in [0.5, 0.6) is 0 Å². The number of aryl methyl sites for hydroxylation is 1. The number of hydrogen-bond donors (Lipinski definition) is 0. The van der Waals surface area contributed by atoms with Crippen molar-refractivity contribution in [1.82, 2.24) is 9.97 Å². The minimum atomic E-state index is 0.649. The van der Waals surface area contributed by atoms with Crippen molar-refractivity contribution in [2.24, 2.45) is 5.92 Å². The summed E-state index contributed by atoms with van der Waals surface area (Å²) < 4.78 is 0. The molecule has 122 valence electrons. The Balaban J connectivity index is 1.85. The largest absolute Gasteiger partial charge is 0.353 e. The van der Waals surface area contributed by atoms with E-state index < -0.39 is 0 Å². The van der Waals surface area contributed by atoms with Gasteiger partial charge in [-0.15, -0.1) is 0 Å². The topological polar surface area (TPSA) is 32.3 Å². The molecule has 2 saturated heterocycles. The summed E-state index contributed by atoms with van der Waals surface area (Å²) in [6, 6.07) is 2.82. The lowest BCUT2D eigenvalue weighted by atomic mass is 10.00. The fraction of sp³-hybridized carbons (Fsp3) is 0.778. The Morgan fingerprint density at radius 2 is 2.00 bits per heavy atom. The Morgan fingerprint density at radius 3 is 2.77 bits per heavy atom. The van der Waals surface area contributed by atoms with E-state index in [0.717, 1.165) is 43.0 Å². The van der Waals surface area contributed by atoms with Gasteiger partial charge in [-0.05, 0) is 51.4 Å². The first-order valence-corrected chi connectivity index (χ1v) is 9.04. The predicted octanol–water partition coefficient (Wildman–Crippen LogP) is 3.79. The number of aromatic nitrogens is 2. The molecule has 0 aliphatic carbocycles. The number of piperidine rings is 2. The standard InChI is InChI=1S/C18H30N4/c1-4-16-9-5-6-11-22(16)17-12-15(3)19-18(20-17)21-10-7-8-14(2)13-21/h12,14,16H,4-11,13H2,1-3H3. The molecule has 0 N–H and O–H groups in total. The van der Waals surface area contributed by atoms with E-state index in [1.807, 2.05) is 0 Å². The first kappa shape index (κ1) is 15.6. The van der Waals surface area contributed by atoms with Gasteiger partial charge in [0, 0.05) is 37.4 Å². The summed E-state index contributed by atoms with van der Waals surface area (Å²) >= 11 is 0. The third kappa shape index (κ3) is 3.36. The van der Waals surface area contributed by atoms with Gasteiger partial charge in [-0.3, -0.25) is 0 Å². The van der Waals surface area contributed by atoms with Crippen molar-refractivity contribution in [2.45, 2.75) is 65.3 Å². The van der Waals surface area contributed by atoms with Crippen LogP contribution in [0.25, 0.3) is 0 Å². The van der Waals surface area contributed by atoms with Crippen LogP contribution in [0.4, 0.5) is 11.8 Å². The molecule has 3 heterocycles. The monoisotopic (exact) mass is 302 g/mol. The molecule has 2 atom stereocenters. The quantitative estimate of drug-likeness (QED) is 0.850. The Morgan fingerprint density at radius 1 is 1.14 bits per heavy atom. The van der Waals surface area contributed by atoms with E-state index in [9.17, 15) is 0 Å². The molecule has 0 spiro atoms. The number of nitrogens with zero attached hydrogens (tertiary/aromatic N) is 4. The van der Waals surface area contributed by atoms with Gasteiger partial charge in [-0.2, -0.15) is 4.98 Å². The van der Waals surface area contributed by atoms with Crippen molar-refractivity contribution in [1.29, 1.82) is 0 Å². The van der Waals surface area contributed by atoms with Gasteiger partial charge in [0.2, 0.25) is 5.95 Å². The smallest absolute Gasteiger partial charge is 0.227 e. The van der Waals surface area contributed by atoms with Gasteiger partial charge in [-0.1, -0.05) is 13.8 Å². The summed E-state index contributed by atoms with van der Waals surface area (Å²) in [5, 5.41) is 0. The van der Waals surface area contributed by atoms with E-state index in [4.69, 9.17) is 9.97 Å². The van der Waals surface area contributed by atoms with E-state index in [1.54, 1.807) is 0 Å². The van der Waals surface area contributed by atoms with E-state index >= 15 is 0 Å². The highest BCUT2D eigenvalue weighted by molar-refractivity contribution is 5.47. The Bertz CT molecular complexity index is 502. The lowest BCUT2D eigenvalue weighted by Gasteiger charge is -2.37. The third-order valence-corrected chi connectivity index (χ3v) is 5.16. The fourth-order valence-electron chi connectivity index (χ4n) is 3.92. The van der Waals surface area contributed by atoms with Crippen LogP contribution in [0.2, 0.25) is 0 Å². The van der Waals surface area contributed by atoms with E-state index in [0.29, 0.717) is 6.04 Å². The predicted molar refractivity (Wildman–Crippen MR) is 92.7 cm³/mol. The normalized spacial score (nSPS) is 26.3. The van der Waals surface area contributed by atoms with Gasteiger partial charge in [0.1, 0.15) is 5.82 Å². The third-order valence-electron chi connectivity index (χ3n) is 5.16. The van der Waals surface area contributed by atoms with Gasteiger partial charge >= 0.3 is 0 Å². The molecule has 0 aromatic carbocycles. The van der Waals surface area contributed by atoms with Crippen molar-refractivity contribution in [3.8, 4) is 0 Å². The average Bonchev–Trinajstić information content (AvgIpc) is 2.54. The summed E-state index contributed by atoms with van der Waals surface area (Å²) in [5.41, 5.74) is 1.10. The maximum absolute atomic E-state index is 4.95. The highest BCUT2D eigenvalue weighted by Crippen LogP contribution is 2.28. The van der Waals surface area contributed by atoms with Crippen molar-refractivity contribution in [2.75, 3.05) is 29.4 Å². The molecular weight excluding hydrogens is 272 g/mol. The minimum Gasteiger partial charge on any atom is -0.353 e. The molecule has 2 fully saturated rings. The van der Waals surface area contributed by atoms with Gasteiger partial charge in [-0.25, -0.2) is 4.98 Å². The summed E-state index contributed by atoms with van der Waals surface area (Å²) in [5.74, 6) is 2.84. The number of hydrogen-bond acceptors (Lipinski definition) is 4. The van der Waals surface area contributed by atoms with E-state index in [2.05, 4.69) is 36.6 Å². The average molecular weight is 302 g/mol. The second-order valence-electron chi connectivity index (χ2n) is 7.11. The molecular formula is C18H30N4. The minimum absolute atomic E-state index is 0.649. The fourth-order valence-corrected chi connectivity index (χ4v) is 3.92.